The maximum atomic E-state index is 5.05. The monoisotopic (exact) mass is 100 g/mol. The first-order valence-corrected chi connectivity index (χ1v) is 1.64. The highest BCUT2D eigenvalue weighted by Crippen LogP contribution is 2.04. The number of nitrogen functional groups attached to an aromatic ring is 2. The van der Waals surface area contributed by atoms with E-state index in [2.05, 4.69) is 14.9 Å². The van der Waals surface area contributed by atoms with Crippen LogP contribution >= 0.6 is 0 Å². The normalized spacial score (nSPS) is 9.14. The van der Waals surface area contributed by atoms with Gasteiger partial charge in [-0.3, -0.25) is 0 Å². The maximum Gasteiger partial charge on any atom is 0.266 e. The summed E-state index contributed by atoms with van der Waals surface area (Å²) in [6.45, 7) is 0. The summed E-state index contributed by atoms with van der Waals surface area (Å²) in [5, 5.41) is 6.30. The average molecular weight is 100 g/mol. The van der Waals surface area contributed by atoms with E-state index < -0.39 is 0 Å². The fraction of sp³-hybridized carbons (Fsp3) is 0. The van der Waals surface area contributed by atoms with Crippen molar-refractivity contribution in [1.29, 1.82) is 0 Å². The molecule has 0 saturated heterocycles. The van der Waals surface area contributed by atoms with Crippen LogP contribution in [0.15, 0.2) is 4.52 Å². The van der Waals surface area contributed by atoms with Crippen molar-refractivity contribution in [3.63, 3.8) is 0 Å². The third-order valence-electron chi connectivity index (χ3n) is 0.540. The Morgan fingerprint density at radius 1 is 1.43 bits per heavy atom. The third-order valence-corrected chi connectivity index (χ3v) is 0.540. The van der Waals surface area contributed by atoms with Crippen LogP contribution in [-0.4, -0.2) is 10.4 Å². The summed E-state index contributed by atoms with van der Waals surface area (Å²) in [4.78, 5) is 0. The van der Waals surface area contributed by atoms with Gasteiger partial charge in [0.15, 0.2) is 0 Å². The maximum absolute atomic E-state index is 5.05. The Labute approximate surface area is 39.3 Å². The van der Waals surface area contributed by atoms with Crippen LogP contribution in [0.25, 0.3) is 0 Å². The highest BCUT2D eigenvalue weighted by molar-refractivity contribution is 5.47. The second kappa shape index (κ2) is 1.11. The van der Waals surface area contributed by atoms with Crippen LogP contribution < -0.4 is 11.5 Å². The number of aromatic nitrogens is 2. The molecule has 0 saturated carbocycles. The molecule has 1 aromatic heterocycles. The van der Waals surface area contributed by atoms with E-state index in [9.17, 15) is 0 Å². The van der Waals surface area contributed by atoms with E-state index in [0.717, 1.165) is 0 Å². The summed E-state index contributed by atoms with van der Waals surface area (Å²) < 4.78 is 4.26. The fourth-order valence-corrected chi connectivity index (χ4v) is 0.204. The molecule has 1 rings (SSSR count). The molecule has 1 aromatic rings. The molecule has 4 N–H and O–H groups in total. The van der Waals surface area contributed by atoms with Crippen molar-refractivity contribution >= 4 is 11.7 Å². The van der Waals surface area contributed by atoms with E-state index in [4.69, 9.17) is 11.5 Å². The van der Waals surface area contributed by atoms with Crippen molar-refractivity contribution in [1.82, 2.24) is 10.4 Å². The minimum atomic E-state index is 0.0694. The smallest absolute Gasteiger partial charge is 0.266 e. The predicted molar refractivity (Wildman–Crippen MR) is 23.1 cm³/mol. The van der Waals surface area contributed by atoms with Gasteiger partial charge >= 0.3 is 0 Å². The summed E-state index contributed by atoms with van der Waals surface area (Å²) in [7, 11) is 0. The number of hydrogen-bond acceptors (Lipinski definition) is 5. The molecule has 0 atom stereocenters. The quantitative estimate of drug-likeness (QED) is 0.447. The van der Waals surface area contributed by atoms with E-state index in [0.29, 0.717) is 0 Å². The van der Waals surface area contributed by atoms with E-state index in [1.807, 2.05) is 0 Å². The number of nitrogens with zero attached hydrogens (tertiary/aromatic N) is 2. The Kier molecular flexibility index (Phi) is 0.619. The molecule has 0 fully saturated rings. The Balaban J connectivity index is 3.12. The molecule has 0 spiro atoms. The van der Waals surface area contributed by atoms with E-state index in [1.165, 1.54) is 0 Å². The Morgan fingerprint density at radius 3 is 2.29 bits per heavy atom. The molecule has 0 aliphatic carbocycles. The van der Waals surface area contributed by atoms with Gasteiger partial charge in [0.2, 0.25) is 5.82 Å². The molecule has 1 heterocycles. The molecule has 5 nitrogen and oxygen atoms in total. The first-order chi connectivity index (χ1) is 3.30. The van der Waals surface area contributed by atoms with E-state index in [-0.39, 0.29) is 11.7 Å². The second-order valence-electron chi connectivity index (χ2n) is 1.02. The summed E-state index contributed by atoms with van der Waals surface area (Å²) in [6.07, 6.45) is 0. The van der Waals surface area contributed by atoms with Crippen LogP contribution in [0, 0.1) is 0 Å². The largest absolute Gasteiger partial charge is 0.378 e. The van der Waals surface area contributed by atoms with Crippen LogP contribution in [0.5, 0.6) is 0 Å². The summed E-state index contributed by atoms with van der Waals surface area (Å²) in [5.41, 5.74) is 10.1. The molecule has 38 valence electrons. The zero-order chi connectivity index (χ0) is 5.28. The van der Waals surface area contributed by atoms with Crippen molar-refractivity contribution in [2.45, 2.75) is 0 Å². The van der Waals surface area contributed by atoms with Crippen LogP contribution in [0.4, 0.5) is 11.7 Å². The summed E-state index contributed by atoms with van der Waals surface area (Å²) >= 11 is 0. The van der Waals surface area contributed by atoms with E-state index in [1.54, 1.807) is 0 Å². The number of hydrogen-bond donors (Lipinski definition) is 2. The van der Waals surface area contributed by atoms with E-state index >= 15 is 0 Å². The van der Waals surface area contributed by atoms with Gasteiger partial charge in [0.05, 0.1) is 0 Å². The highest BCUT2D eigenvalue weighted by Gasteiger charge is 1.95. The standard InChI is InChI=1S/C2H4N4O/c3-1-2(4)7-6-5-1/h3-4H2. The van der Waals surface area contributed by atoms with Crippen LogP contribution in [0.3, 0.4) is 0 Å². The molecule has 0 aliphatic heterocycles. The lowest BCUT2D eigenvalue weighted by Crippen LogP contribution is -1.89. The van der Waals surface area contributed by atoms with Gasteiger partial charge in [-0.1, -0.05) is 5.10 Å². The lowest BCUT2D eigenvalue weighted by molar-refractivity contribution is 0.407. The fourth-order valence-electron chi connectivity index (χ4n) is 0.204. The summed E-state index contributed by atoms with van der Waals surface area (Å²) in [6, 6.07) is 0. The number of rotatable bonds is 0. The summed E-state index contributed by atoms with van der Waals surface area (Å²) in [5.74, 6) is 0.208. The van der Waals surface area contributed by atoms with Gasteiger partial charge in [0.1, 0.15) is 0 Å². The van der Waals surface area contributed by atoms with Gasteiger partial charge in [0, 0.05) is 5.27 Å². The van der Waals surface area contributed by atoms with Gasteiger partial charge in [-0.15, -0.1) is 0 Å². The first-order valence-electron chi connectivity index (χ1n) is 1.64. The Hall–Kier alpha value is -1.26. The van der Waals surface area contributed by atoms with Gasteiger partial charge < -0.3 is 16.0 Å². The lowest BCUT2D eigenvalue weighted by Gasteiger charge is -1.74. The topological polar surface area (TPSA) is 91.0 Å². The molecule has 0 amide bonds. The van der Waals surface area contributed by atoms with Crippen LogP contribution in [-0.2, 0) is 0 Å². The van der Waals surface area contributed by atoms with Crippen molar-refractivity contribution in [2.75, 3.05) is 11.5 Å². The van der Waals surface area contributed by atoms with Crippen LogP contribution in [0.1, 0.15) is 0 Å². The highest BCUT2D eigenvalue weighted by atomic mass is 16.5. The minimum absolute atomic E-state index is 0.0694. The molecule has 0 unspecified atom stereocenters. The average Bonchev–Trinajstić information content (AvgIpc) is 1.91. The Morgan fingerprint density at radius 2 is 2.14 bits per heavy atom. The lowest BCUT2D eigenvalue weighted by atomic mass is 10.7. The molecule has 0 aromatic carbocycles. The van der Waals surface area contributed by atoms with Gasteiger partial charge in [-0.25, -0.2) is 0 Å². The van der Waals surface area contributed by atoms with Crippen molar-refractivity contribution in [2.24, 2.45) is 0 Å². The minimum Gasteiger partial charge on any atom is -0.378 e. The number of nitrogens with two attached hydrogens (primary N) is 2. The molecule has 0 radical (unpaired) electrons. The third kappa shape index (κ3) is 0.466. The zero-order valence-electron chi connectivity index (χ0n) is 3.46. The SMILES string of the molecule is Nc1nnoc1N. The van der Waals surface area contributed by atoms with Crippen molar-refractivity contribution in [3.05, 3.63) is 0 Å². The van der Waals surface area contributed by atoms with Crippen molar-refractivity contribution < 1.29 is 4.52 Å². The zero-order valence-corrected chi connectivity index (χ0v) is 3.46. The van der Waals surface area contributed by atoms with Crippen molar-refractivity contribution in [3.8, 4) is 0 Å². The first kappa shape index (κ1) is 3.91. The predicted octanol–water partition coefficient (Wildman–Crippen LogP) is -0.766. The van der Waals surface area contributed by atoms with Gasteiger partial charge in [0.25, 0.3) is 5.88 Å². The van der Waals surface area contributed by atoms with Gasteiger partial charge in [-0.05, 0) is 0 Å². The molecule has 7 heavy (non-hydrogen) atoms. The number of anilines is 2. The van der Waals surface area contributed by atoms with Gasteiger partial charge in [-0.2, -0.15) is 0 Å². The second-order valence-corrected chi connectivity index (χ2v) is 1.02. The molecule has 5 heteroatoms. The molecular weight excluding hydrogens is 96.0 g/mol. The van der Waals surface area contributed by atoms with Crippen LogP contribution in [0.2, 0.25) is 0 Å². The molecule has 0 aliphatic rings. The molecule has 0 bridgehead atoms. The Bertz CT molecular complexity index is 142. The molecular formula is C2H4N4O.